The van der Waals surface area contributed by atoms with E-state index in [2.05, 4.69) is 6.58 Å². The molecule has 0 aliphatic carbocycles. The average Bonchev–Trinajstić information content (AvgIpc) is 2.30. The van der Waals surface area contributed by atoms with Crippen molar-refractivity contribution in [2.75, 3.05) is 13.2 Å². The Bertz CT molecular complexity index is 269. The van der Waals surface area contributed by atoms with Gasteiger partial charge >= 0.3 is 0 Å². The van der Waals surface area contributed by atoms with Crippen LogP contribution < -0.4 is 0 Å². The maximum atomic E-state index is 8.81. The molecule has 0 aliphatic rings. The van der Waals surface area contributed by atoms with Crippen molar-refractivity contribution >= 4 is 0 Å². The maximum Gasteiger partial charge on any atom is 0.0830 e. The predicted molar refractivity (Wildman–Crippen MR) is 61.7 cm³/mol. The third kappa shape index (κ3) is 4.28. The van der Waals surface area contributed by atoms with E-state index >= 15 is 0 Å². The minimum atomic E-state index is 0.0661. The molecular weight excluding hydrogens is 188 g/mol. The van der Waals surface area contributed by atoms with Crippen LogP contribution in [0.25, 0.3) is 0 Å². The zero-order valence-corrected chi connectivity index (χ0v) is 8.93. The highest BCUT2D eigenvalue weighted by atomic mass is 16.5. The van der Waals surface area contributed by atoms with Crippen molar-refractivity contribution in [1.29, 1.82) is 0 Å². The largest absolute Gasteiger partial charge is 0.396 e. The van der Waals surface area contributed by atoms with Crippen LogP contribution in [-0.4, -0.2) is 18.3 Å². The first kappa shape index (κ1) is 12.0. The van der Waals surface area contributed by atoms with Crippen LogP contribution in [0.4, 0.5) is 0 Å². The molecule has 0 aromatic heterocycles. The van der Waals surface area contributed by atoms with Crippen LogP contribution in [0.15, 0.2) is 43.0 Å². The molecule has 15 heavy (non-hydrogen) atoms. The Labute approximate surface area is 91.2 Å². The van der Waals surface area contributed by atoms with Crippen LogP contribution in [0.5, 0.6) is 0 Å². The van der Waals surface area contributed by atoms with Gasteiger partial charge in [-0.25, -0.2) is 0 Å². The Morgan fingerprint density at radius 3 is 2.67 bits per heavy atom. The highest BCUT2D eigenvalue weighted by molar-refractivity contribution is 5.17. The van der Waals surface area contributed by atoms with Crippen molar-refractivity contribution < 1.29 is 9.84 Å². The van der Waals surface area contributed by atoms with Crippen molar-refractivity contribution in [3.8, 4) is 0 Å². The van der Waals surface area contributed by atoms with Gasteiger partial charge in [-0.3, -0.25) is 0 Å². The van der Waals surface area contributed by atoms with Crippen molar-refractivity contribution in [2.24, 2.45) is 0 Å². The molecule has 82 valence electrons. The first-order valence-electron chi connectivity index (χ1n) is 5.26. The number of benzene rings is 1. The van der Waals surface area contributed by atoms with Gasteiger partial charge in [-0.15, -0.1) is 6.58 Å². The summed E-state index contributed by atoms with van der Waals surface area (Å²) in [5.74, 6) is 0. The molecule has 2 heteroatoms. The van der Waals surface area contributed by atoms with E-state index in [1.54, 1.807) is 6.08 Å². The number of hydrogen-bond acceptors (Lipinski definition) is 2. The Hall–Kier alpha value is -1.12. The normalized spacial score (nSPS) is 12.3. The SMILES string of the molecule is C=CCOC(CCCO)c1ccccc1. The molecule has 0 fully saturated rings. The molecule has 1 N–H and O–H groups in total. The predicted octanol–water partition coefficient (Wildman–Crippen LogP) is 2.70. The second kappa shape index (κ2) is 7.21. The number of ether oxygens (including phenoxy) is 1. The Balaban J connectivity index is 2.58. The molecule has 1 aromatic carbocycles. The summed E-state index contributed by atoms with van der Waals surface area (Å²) >= 11 is 0. The molecule has 0 aliphatic heterocycles. The first-order chi connectivity index (χ1) is 7.38. The molecule has 1 rings (SSSR count). The van der Waals surface area contributed by atoms with Gasteiger partial charge in [-0.05, 0) is 18.4 Å². The van der Waals surface area contributed by atoms with Gasteiger partial charge in [0, 0.05) is 6.61 Å². The van der Waals surface area contributed by atoms with Crippen LogP contribution in [0.3, 0.4) is 0 Å². The number of hydrogen-bond donors (Lipinski definition) is 1. The summed E-state index contributed by atoms with van der Waals surface area (Å²) < 4.78 is 5.65. The zero-order chi connectivity index (χ0) is 10.9. The van der Waals surface area contributed by atoms with E-state index in [0.717, 1.165) is 18.4 Å². The van der Waals surface area contributed by atoms with E-state index in [4.69, 9.17) is 9.84 Å². The van der Waals surface area contributed by atoms with E-state index in [1.165, 1.54) is 0 Å². The van der Waals surface area contributed by atoms with Gasteiger partial charge in [0.2, 0.25) is 0 Å². The summed E-state index contributed by atoms with van der Waals surface area (Å²) in [6.07, 6.45) is 3.41. The van der Waals surface area contributed by atoms with Gasteiger partial charge in [-0.1, -0.05) is 36.4 Å². The minimum absolute atomic E-state index is 0.0661. The van der Waals surface area contributed by atoms with Gasteiger partial charge in [0.15, 0.2) is 0 Å². The molecular formula is C13H18O2. The number of aliphatic hydroxyl groups excluding tert-OH is 1. The molecule has 0 bridgehead atoms. The standard InChI is InChI=1S/C13H18O2/c1-2-11-15-13(9-6-10-14)12-7-4-3-5-8-12/h2-5,7-8,13-14H,1,6,9-11H2. The smallest absolute Gasteiger partial charge is 0.0830 e. The molecule has 1 atom stereocenters. The van der Waals surface area contributed by atoms with Gasteiger partial charge in [0.1, 0.15) is 0 Å². The molecule has 0 spiro atoms. The van der Waals surface area contributed by atoms with Crippen molar-refractivity contribution in [3.05, 3.63) is 48.6 Å². The molecule has 2 nitrogen and oxygen atoms in total. The molecule has 0 saturated heterocycles. The lowest BCUT2D eigenvalue weighted by atomic mass is 10.1. The molecule has 1 aromatic rings. The zero-order valence-electron chi connectivity index (χ0n) is 8.93. The van der Waals surface area contributed by atoms with Crippen LogP contribution >= 0.6 is 0 Å². The fraction of sp³-hybridized carbons (Fsp3) is 0.385. The first-order valence-corrected chi connectivity index (χ1v) is 5.26. The fourth-order valence-corrected chi connectivity index (χ4v) is 1.47. The second-order valence-electron chi connectivity index (χ2n) is 3.39. The third-order valence-electron chi connectivity index (χ3n) is 2.21. The van der Waals surface area contributed by atoms with Gasteiger partial charge < -0.3 is 9.84 Å². The summed E-state index contributed by atoms with van der Waals surface area (Å²) in [5.41, 5.74) is 1.16. The molecule has 0 saturated carbocycles. The quantitative estimate of drug-likeness (QED) is 0.695. The lowest BCUT2D eigenvalue weighted by Gasteiger charge is -2.16. The van der Waals surface area contributed by atoms with Crippen molar-refractivity contribution in [1.82, 2.24) is 0 Å². The Morgan fingerprint density at radius 2 is 2.07 bits per heavy atom. The van der Waals surface area contributed by atoms with Crippen LogP contribution in [0.2, 0.25) is 0 Å². The summed E-state index contributed by atoms with van der Waals surface area (Å²) in [4.78, 5) is 0. The average molecular weight is 206 g/mol. The van der Waals surface area contributed by atoms with E-state index in [1.807, 2.05) is 30.3 Å². The Morgan fingerprint density at radius 1 is 1.33 bits per heavy atom. The summed E-state index contributed by atoms with van der Waals surface area (Å²) in [7, 11) is 0. The van der Waals surface area contributed by atoms with Crippen LogP contribution in [-0.2, 0) is 4.74 Å². The summed E-state index contributed by atoms with van der Waals surface area (Å²) in [6, 6.07) is 10.1. The van der Waals surface area contributed by atoms with Gasteiger partial charge in [0.05, 0.1) is 12.7 Å². The lowest BCUT2D eigenvalue weighted by Crippen LogP contribution is -2.05. The number of rotatable bonds is 7. The fourth-order valence-electron chi connectivity index (χ4n) is 1.47. The van der Waals surface area contributed by atoms with Crippen molar-refractivity contribution in [2.45, 2.75) is 18.9 Å². The van der Waals surface area contributed by atoms with Crippen molar-refractivity contribution in [3.63, 3.8) is 0 Å². The van der Waals surface area contributed by atoms with E-state index in [0.29, 0.717) is 6.61 Å². The summed E-state index contributed by atoms with van der Waals surface area (Å²) in [6.45, 7) is 4.39. The van der Waals surface area contributed by atoms with E-state index in [-0.39, 0.29) is 12.7 Å². The number of aliphatic hydroxyl groups is 1. The molecule has 0 amide bonds. The monoisotopic (exact) mass is 206 g/mol. The third-order valence-corrected chi connectivity index (χ3v) is 2.21. The second-order valence-corrected chi connectivity index (χ2v) is 3.39. The van der Waals surface area contributed by atoms with Gasteiger partial charge in [-0.2, -0.15) is 0 Å². The molecule has 0 radical (unpaired) electrons. The van der Waals surface area contributed by atoms with Gasteiger partial charge in [0.25, 0.3) is 0 Å². The highest BCUT2D eigenvalue weighted by Gasteiger charge is 2.09. The Kier molecular flexibility index (Phi) is 5.74. The van der Waals surface area contributed by atoms with Crippen LogP contribution in [0, 0.1) is 0 Å². The summed E-state index contributed by atoms with van der Waals surface area (Å²) in [5, 5.41) is 8.81. The van der Waals surface area contributed by atoms with E-state index < -0.39 is 0 Å². The minimum Gasteiger partial charge on any atom is -0.396 e. The lowest BCUT2D eigenvalue weighted by molar-refractivity contribution is 0.0617. The topological polar surface area (TPSA) is 29.5 Å². The maximum absolute atomic E-state index is 8.81. The molecule has 0 heterocycles. The van der Waals surface area contributed by atoms with Crippen LogP contribution in [0.1, 0.15) is 24.5 Å². The molecule has 1 unspecified atom stereocenters. The van der Waals surface area contributed by atoms with E-state index in [9.17, 15) is 0 Å². The highest BCUT2D eigenvalue weighted by Crippen LogP contribution is 2.22.